The largest absolute Gasteiger partial charge is 0.411 e. The van der Waals surface area contributed by atoms with Gasteiger partial charge in [0.25, 0.3) is 5.22 Å². The molecule has 6 heteroatoms. The van der Waals surface area contributed by atoms with E-state index < -0.39 is 0 Å². The average molecular weight is 328 g/mol. The van der Waals surface area contributed by atoms with Crippen LogP contribution in [0.4, 0.5) is 0 Å². The maximum Gasteiger partial charge on any atom is 0.276 e. The molecular formula is C17H16N2O3S. The molecule has 1 fully saturated rings. The molecule has 4 rings (SSSR count). The Hall–Kier alpha value is -1.89. The Morgan fingerprint density at radius 3 is 2.91 bits per heavy atom. The molecule has 0 spiro atoms. The molecule has 2 heterocycles. The predicted molar refractivity (Wildman–Crippen MR) is 88.3 cm³/mol. The van der Waals surface area contributed by atoms with Crippen molar-refractivity contribution in [2.45, 2.75) is 17.7 Å². The van der Waals surface area contributed by atoms with Crippen LogP contribution in [0.2, 0.25) is 0 Å². The van der Waals surface area contributed by atoms with E-state index in [2.05, 4.69) is 28.4 Å². The van der Waals surface area contributed by atoms with Crippen LogP contribution in [0.15, 0.2) is 52.1 Å². The Morgan fingerprint density at radius 2 is 2.00 bits per heavy atom. The summed E-state index contributed by atoms with van der Waals surface area (Å²) in [6.07, 6.45) is 1.08. The molecule has 118 valence electrons. The lowest BCUT2D eigenvalue weighted by atomic mass is 10.0. The van der Waals surface area contributed by atoms with Crippen molar-refractivity contribution >= 4 is 22.5 Å². The quantitative estimate of drug-likeness (QED) is 0.680. The van der Waals surface area contributed by atoms with Gasteiger partial charge in [0.2, 0.25) is 5.89 Å². The van der Waals surface area contributed by atoms with Crippen molar-refractivity contribution in [1.29, 1.82) is 0 Å². The summed E-state index contributed by atoms with van der Waals surface area (Å²) in [6, 6.07) is 14.3. The number of hydrogen-bond donors (Lipinski definition) is 0. The minimum Gasteiger partial charge on any atom is -0.411 e. The number of ether oxygens (including phenoxy) is 2. The van der Waals surface area contributed by atoms with Crippen LogP contribution >= 0.6 is 11.8 Å². The van der Waals surface area contributed by atoms with E-state index in [1.165, 1.54) is 11.8 Å². The van der Waals surface area contributed by atoms with Crippen LogP contribution in [0.25, 0.3) is 22.2 Å². The van der Waals surface area contributed by atoms with E-state index in [4.69, 9.17) is 13.9 Å². The summed E-state index contributed by atoms with van der Waals surface area (Å²) < 4.78 is 16.5. The van der Waals surface area contributed by atoms with Crippen LogP contribution in [0.5, 0.6) is 0 Å². The molecule has 3 aromatic rings. The minimum atomic E-state index is 0.182. The highest BCUT2D eigenvalue weighted by molar-refractivity contribution is 7.99. The molecule has 1 aromatic heterocycles. The van der Waals surface area contributed by atoms with Crippen molar-refractivity contribution < 1.29 is 13.9 Å². The molecular weight excluding hydrogens is 312 g/mol. The van der Waals surface area contributed by atoms with Crippen LogP contribution in [0.3, 0.4) is 0 Å². The molecule has 5 nitrogen and oxygen atoms in total. The molecule has 1 saturated heterocycles. The molecule has 0 radical (unpaired) electrons. The minimum absolute atomic E-state index is 0.182. The molecule has 23 heavy (non-hydrogen) atoms. The summed E-state index contributed by atoms with van der Waals surface area (Å²) in [7, 11) is 0. The molecule has 0 bridgehead atoms. The number of aromatic nitrogens is 2. The van der Waals surface area contributed by atoms with Crippen molar-refractivity contribution in [3.8, 4) is 11.5 Å². The monoisotopic (exact) mass is 328 g/mol. The number of rotatable bonds is 4. The SMILES string of the molecule is c1ccc2c(-c3nnc(SC[C@H]4CCOCO4)o3)cccc2c1. The molecule has 1 aliphatic heterocycles. The number of hydrogen-bond acceptors (Lipinski definition) is 6. The average Bonchev–Trinajstić information content (AvgIpc) is 3.09. The van der Waals surface area contributed by atoms with E-state index in [1.54, 1.807) is 0 Å². The number of fused-ring (bicyclic) bond motifs is 1. The second kappa shape index (κ2) is 6.70. The van der Waals surface area contributed by atoms with Crippen molar-refractivity contribution in [3.05, 3.63) is 42.5 Å². The number of benzene rings is 2. The first kappa shape index (κ1) is 14.7. The molecule has 0 N–H and O–H groups in total. The van der Waals surface area contributed by atoms with E-state index in [0.29, 0.717) is 17.9 Å². The Bertz CT molecular complexity index is 794. The maximum atomic E-state index is 5.82. The van der Waals surface area contributed by atoms with Gasteiger partial charge in [0.1, 0.15) is 6.79 Å². The van der Waals surface area contributed by atoms with Gasteiger partial charge in [0.05, 0.1) is 12.7 Å². The zero-order chi connectivity index (χ0) is 15.5. The van der Waals surface area contributed by atoms with Crippen LogP contribution in [0, 0.1) is 0 Å². The zero-order valence-electron chi connectivity index (χ0n) is 12.5. The Labute approximate surface area is 138 Å². The van der Waals surface area contributed by atoms with Gasteiger partial charge >= 0.3 is 0 Å². The van der Waals surface area contributed by atoms with E-state index in [1.807, 2.05) is 24.3 Å². The van der Waals surface area contributed by atoms with E-state index in [-0.39, 0.29) is 6.10 Å². The van der Waals surface area contributed by atoms with Gasteiger partial charge in [-0.1, -0.05) is 48.2 Å². The summed E-state index contributed by atoms with van der Waals surface area (Å²) in [5.74, 6) is 1.35. The van der Waals surface area contributed by atoms with E-state index in [9.17, 15) is 0 Å². The molecule has 0 aliphatic carbocycles. The molecule has 1 aliphatic rings. The summed E-state index contributed by atoms with van der Waals surface area (Å²) in [4.78, 5) is 0. The van der Waals surface area contributed by atoms with Gasteiger partial charge in [-0.05, 0) is 23.3 Å². The molecule has 1 atom stereocenters. The highest BCUT2D eigenvalue weighted by Gasteiger charge is 2.17. The van der Waals surface area contributed by atoms with Crippen molar-refractivity contribution in [2.75, 3.05) is 19.2 Å². The third kappa shape index (κ3) is 3.24. The van der Waals surface area contributed by atoms with Crippen LogP contribution in [-0.2, 0) is 9.47 Å². The van der Waals surface area contributed by atoms with Crippen molar-refractivity contribution in [3.63, 3.8) is 0 Å². The predicted octanol–water partition coefficient (Wildman–Crippen LogP) is 3.74. The van der Waals surface area contributed by atoms with Crippen molar-refractivity contribution in [1.82, 2.24) is 10.2 Å². The third-order valence-electron chi connectivity index (χ3n) is 3.79. The summed E-state index contributed by atoms with van der Waals surface area (Å²) in [5.41, 5.74) is 0.963. The van der Waals surface area contributed by atoms with Gasteiger partial charge in [-0.25, -0.2) is 0 Å². The van der Waals surface area contributed by atoms with Gasteiger partial charge in [0.15, 0.2) is 0 Å². The first-order valence-corrected chi connectivity index (χ1v) is 8.52. The topological polar surface area (TPSA) is 57.4 Å². The van der Waals surface area contributed by atoms with Crippen LogP contribution in [-0.4, -0.2) is 35.5 Å². The lowest BCUT2D eigenvalue weighted by Crippen LogP contribution is -2.25. The normalized spacial score (nSPS) is 18.3. The van der Waals surface area contributed by atoms with Gasteiger partial charge in [-0.3, -0.25) is 0 Å². The standard InChI is InChI=1S/C17H16N2O3S/c1-2-6-14-12(4-1)5-3-7-15(14)16-18-19-17(22-16)23-10-13-8-9-20-11-21-13/h1-7,13H,8-11H2/t13-/m1/s1. The van der Waals surface area contributed by atoms with Crippen LogP contribution < -0.4 is 0 Å². The molecule has 2 aromatic carbocycles. The lowest BCUT2D eigenvalue weighted by Gasteiger charge is -2.21. The second-order valence-corrected chi connectivity index (χ2v) is 6.29. The summed E-state index contributed by atoms with van der Waals surface area (Å²) in [6.45, 7) is 1.12. The highest BCUT2D eigenvalue weighted by Crippen LogP contribution is 2.30. The van der Waals surface area contributed by atoms with Gasteiger partial charge < -0.3 is 13.9 Å². The molecule has 0 saturated carbocycles. The molecule has 0 unspecified atom stereocenters. The summed E-state index contributed by atoms with van der Waals surface area (Å²) >= 11 is 1.53. The Morgan fingerprint density at radius 1 is 1.09 bits per heavy atom. The third-order valence-corrected chi connectivity index (χ3v) is 4.74. The van der Waals surface area contributed by atoms with Crippen molar-refractivity contribution in [2.24, 2.45) is 0 Å². The smallest absolute Gasteiger partial charge is 0.276 e. The number of nitrogens with zero attached hydrogens (tertiary/aromatic N) is 2. The Balaban J connectivity index is 1.52. The first-order valence-electron chi connectivity index (χ1n) is 7.54. The fraction of sp³-hybridized carbons (Fsp3) is 0.294. The fourth-order valence-corrected chi connectivity index (χ4v) is 3.41. The zero-order valence-corrected chi connectivity index (χ0v) is 13.3. The van der Waals surface area contributed by atoms with Gasteiger partial charge in [0, 0.05) is 11.3 Å². The van der Waals surface area contributed by atoms with Crippen LogP contribution in [0.1, 0.15) is 6.42 Å². The maximum absolute atomic E-state index is 5.82. The summed E-state index contributed by atoms with van der Waals surface area (Å²) in [5, 5.41) is 11.2. The number of thioether (sulfide) groups is 1. The molecule has 0 amide bonds. The van der Waals surface area contributed by atoms with E-state index in [0.717, 1.165) is 35.1 Å². The highest BCUT2D eigenvalue weighted by atomic mass is 32.2. The van der Waals surface area contributed by atoms with E-state index >= 15 is 0 Å². The van der Waals surface area contributed by atoms with Gasteiger partial charge in [-0.15, -0.1) is 10.2 Å². The van der Waals surface area contributed by atoms with Gasteiger partial charge in [-0.2, -0.15) is 0 Å². The second-order valence-electron chi connectivity index (χ2n) is 5.31. The Kier molecular flexibility index (Phi) is 4.28. The first-order chi connectivity index (χ1) is 11.4. The fourth-order valence-electron chi connectivity index (χ4n) is 2.59. The lowest BCUT2D eigenvalue weighted by molar-refractivity contribution is -0.130.